The summed E-state index contributed by atoms with van der Waals surface area (Å²) in [5, 5.41) is 7.82. The van der Waals surface area contributed by atoms with Gasteiger partial charge in [0.1, 0.15) is 6.17 Å². The predicted octanol–water partition coefficient (Wildman–Crippen LogP) is 0.794. The summed E-state index contributed by atoms with van der Waals surface area (Å²) in [7, 11) is 3.90. The van der Waals surface area contributed by atoms with E-state index >= 15 is 0 Å². The molecule has 0 bridgehead atoms. The molecule has 2 heterocycles. The number of aromatic nitrogens is 2. The van der Waals surface area contributed by atoms with Crippen molar-refractivity contribution in [1.82, 2.24) is 20.1 Å². The number of likely N-dealkylation sites (N-methyl/N-ethyl adjacent to an activating group) is 1. The lowest BCUT2D eigenvalue weighted by atomic mass is 10.1. The van der Waals surface area contributed by atoms with Crippen LogP contribution in [0.1, 0.15) is 5.56 Å². The van der Waals surface area contributed by atoms with Gasteiger partial charge in [-0.05, 0) is 6.08 Å². The van der Waals surface area contributed by atoms with Gasteiger partial charge in [0.05, 0.1) is 6.20 Å². The second-order valence-electron chi connectivity index (χ2n) is 3.74. The van der Waals surface area contributed by atoms with E-state index < -0.39 is 0 Å². The lowest BCUT2D eigenvalue weighted by molar-refractivity contribution is 0.332. The third-order valence-corrected chi connectivity index (χ3v) is 2.50. The Kier molecular flexibility index (Phi) is 2.76. The van der Waals surface area contributed by atoms with Crippen LogP contribution in [0, 0.1) is 0 Å². The number of aryl methyl sites for hydroxylation is 1. The highest BCUT2D eigenvalue weighted by molar-refractivity contribution is 5.73. The number of rotatable bonds is 3. The highest BCUT2D eigenvalue weighted by Crippen LogP contribution is 2.20. The Bertz CT molecular complexity index is 443. The van der Waals surface area contributed by atoms with Gasteiger partial charge in [0, 0.05) is 44.3 Å². The molecule has 1 aromatic rings. The molecule has 0 aliphatic carbocycles. The van der Waals surface area contributed by atoms with Gasteiger partial charge in [0.2, 0.25) is 0 Å². The molecule has 0 fully saturated rings. The molecule has 1 N–H and O–H groups in total. The summed E-state index contributed by atoms with van der Waals surface area (Å²) >= 11 is 0. The number of nitrogens with zero attached hydrogens (tertiary/aromatic N) is 4. The van der Waals surface area contributed by atoms with Gasteiger partial charge in [-0.2, -0.15) is 10.2 Å². The van der Waals surface area contributed by atoms with Gasteiger partial charge >= 0.3 is 0 Å². The smallest absolute Gasteiger partial charge is 0.134 e. The predicted molar refractivity (Wildman–Crippen MR) is 64.6 cm³/mol. The molecule has 5 heteroatoms. The molecule has 1 atom stereocenters. The largest absolute Gasteiger partial charge is 0.356 e. The molecular weight excluding hydrogens is 202 g/mol. The van der Waals surface area contributed by atoms with Crippen molar-refractivity contribution in [3.8, 4) is 0 Å². The van der Waals surface area contributed by atoms with E-state index in [-0.39, 0.29) is 6.17 Å². The van der Waals surface area contributed by atoms with Crippen molar-refractivity contribution in [2.75, 3.05) is 7.05 Å². The average Bonchev–Trinajstić information content (AvgIpc) is 2.68. The maximum Gasteiger partial charge on any atom is 0.134 e. The number of hydrazone groups is 1. The van der Waals surface area contributed by atoms with Crippen LogP contribution in [-0.2, 0) is 7.05 Å². The van der Waals surface area contributed by atoms with Gasteiger partial charge in [-0.15, -0.1) is 0 Å². The topological polar surface area (TPSA) is 45.5 Å². The molecule has 2 rings (SSSR count). The number of nitrogens with one attached hydrogen (secondary N) is 1. The Labute approximate surface area is 94.7 Å². The van der Waals surface area contributed by atoms with Crippen LogP contribution in [0.15, 0.2) is 35.8 Å². The standard InChI is InChI=1S/C11H15N5/c1-12-14-11-5-4-9(7-15(11)2)10-6-13-16(3)8-10/h4-8,11,14H,1H2,2-3H3. The van der Waals surface area contributed by atoms with Crippen molar-refractivity contribution in [2.45, 2.75) is 6.17 Å². The highest BCUT2D eigenvalue weighted by atomic mass is 15.4. The van der Waals surface area contributed by atoms with Gasteiger partial charge in [0.15, 0.2) is 0 Å². The van der Waals surface area contributed by atoms with Crippen LogP contribution in [-0.4, -0.2) is 34.6 Å². The van der Waals surface area contributed by atoms with Crippen LogP contribution < -0.4 is 5.43 Å². The van der Waals surface area contributed by atoms with Crippen molar-refractivity contribution < 1.29 is 0 Å². The molecule has 0 saturated heterocycles. The summed E-state index contributed by atoms with van der Waals surface area (Å²) in [4.78, 5) is 2.04. The van der Waals surface area contributed by atoms with Gasteiger partial charge in [-0.1, -0.05) is 6.08 Å². The Morgan fingerprint density at radius 2 is 2.31 bits per heavy atom. The molecule has 0 saturated carbocycles. The molecule has 1 aliphatic heterocycles. The SMILES string of the molecule is C=NNC1C=CC(c2cnn(C)c2)=CN1C. The summed E-state index contributed by atoms with van der Waals surface area (Å²) < 4.78 is 1.79. The van der Waals surface area contributed by atoms with Crippen molar-refractivity contribution in [3.05, 3.63) is 36.3 Å². The quantitative estimate of drug-likeness (QED) is 0.601. The zero-order chi connectivity index (χ0) is 11.5. The monoisotopic (exact) mass is 217 g/mol. The van der Waals surface area contributed by atoms with E-state index in [1.165, 1.54) is 0 Å². The maximum absolute atomic E-state index is 4.15. The second-order valence-corrected chi connectivity index (χ2v) is 3.74. The van der Waals surface area contributed by atoms with E-state index in [0.717, 1.165) is 11.1 Å². The molecule has 5 nitrogen and oxygen atoms in total. The van der Waals surface area contributed by atoms with Crippen molar-refractivity contribution in [2.24, 2.45) is 12.1 Å². The molecular formula is C11H15N5. The zero-order valence-electron chi connectivity index (χ0n) is 9.46. The Morgan fingerprint density at radius 1 is 1.50 bits per heavy atom. The lowest BCUT2D eigenvalue weighted by Gasteiger charge is -2.27. The third-order valence-electron chi connectivity index (χ3n) is 2.50. The van der Waals surface area contributed by atoms with Crippen LogP contribution in [0.3, 0.4) is 0 Å². The minimum atomic E-state index is 0.0675. The minimum Gasteiger partial charge on any atom is -0.356 e. The van der Waals surface area contributed by atoms with E-state index in [1.54, 1.807) is 4.68 Å². The fourth-order valence-corrected chi connectivity index (χ4v) is 1.64. The van der Waals surface area contributed by atoms with E-state index in [1.807, 2.05) is 37.5 Å². The van der Waals surface area contributed by atoms with Gasteiger partial charge in [-0.25, -0.2) is 0 Å². The number of hydrogen-bond acceptors (Lipinski definition) is 4. The average molecular weight is 217 g/mol. The first-order valence-electron chi connectivity index (χ1n) is 5.03. The van der Waals surface area contributed by atoms with Gasteiger partial charge in [-0.3, -0.25) is 10.1 Å². The number of hydrogen-bond donors (Lipinski definition) is 1. The summed E-state index contributed by atoms with van der Waals surface area (Å²) in [5.74, 6) is 0. The Balaban J connectivity index is 2.18. The van der Waals surface area contributed by atoms with Crippen molar-refractivity contribution in [3.63, 3.8) is 0 Å². The Hall–Kier alpha value is -2.04. The fourth-order valence-electron chi connectivity index (χ4n) is 1.64. The Morgan fingerprint density at radius 3 is 2.88 bits per heavy atom. The first-order chi connectivity index (χ1) is 7.70. The molecule has 0 aromatic carbocycles. The molecule has 0 amide bonds. The summed E-state index contributed by atoms with van der Waals surface area (Å²) in [6.07, 6.45) is 10.1. The van der Waals surface area contributed by atoms with Crippen molar-refractivity contribution in [1.29, 1.82) is 0 Å². The molecule has 0 spiro atoms. The molecule has 1 unspecified atom stereocenters. The maximum atomic E-state index is 4.15. The van der Waals surface area contributed by atoms with Crippen LogP contribution >= 0.6 is 0 Å². The van der Waals surface area contributed by atoms with Gasteiger partial charge in [0.25, 0.3) is 0 Å². The zero-order valence-corrected chi connectivity index (χ0v) is 9.46. The fraction of sp³-hybridized carbons (Fsp3) is 0.273. The van der Waals surface area contributed by atoms with Crippen LogP contribution in [0.2, 0.25) is 0 Å². The minimum absolute atomic E-state index is 0.0675. The van der Waals surface area contributed by atoms with E-state index in [9.17, 15) is 0 Å². The highest BCUT2D eigenvalue weighted by Gasteiger charge is 2.13. The second kappa shape index (κ2) is 4.22. The van der Waals surface area contributed by atoms with E-state index in [4.69, 9.17) is 0 Å². The van der Waals surface area contributed by atoms with E-state index in [2.05, 4.69) is 34.6 Å². The molecule has 0 radical (unpaired) electrons. The van der Waals surface area contributed by atoms with Gasteiger partial charge < -0.3 is 4.90 Å². The normalized spacial score (nSPS) is 19.5. The molecule has 1 aromatic heterocycles. The molecule has 16 heavy (non-hydrogen) atoms. The summed E-state index contributed by atoms with van der Waals surface area (Å²) in [5.41, 5.74) is 5.14. The van der Waals surface area contributed by atoms with Crippen molar-refractivity contribution >= 4 is 12.3 Å². The first-order valence-corrected chi connectivity index (χ1v) is 5.03. The van der Waals surface area contributed by atoms with Crippen LogP contribution in [0.4, 0.5) is 0 Å². The van der Waals surface area contributed by atoms with E-state index in [0.29, 0.717) is 0 Å². The molecule has 1 aliphatic rings. The van der Waals surface area contributed by atoms with Crippen LogP contribution in [0.25, 0.3) is 5.57 Å². The lowest BCUT2D eigenvalue weighted by Crippen LogP contribution is -2.37. The summed E-state index contributed by atoms with van der Waals surface area (Å²) in [6.45, 7) is 3.41. The van der Waals surface area contributed by atoms with Crippen LogP contribution in [0.5, 0.6) is 0 Å². The first kappa shape index (κ1) is 10.5. The third kappa shape index (κ3) is 1.98. The summed E-state index contributed by atoms with van der Waals surface area (Å²) in [6, 6.07) is 0. The molecule has 84 valence electrons. The number of allylic oxidation sites excluding steroid dienone is 2.